The lowest BCUT2D eigenvalue weighted by Crippen LogP contribution is -2.44. The fourth-order valence-electron chi connectivity index (χ4n) is 2.62. The van der Waals surface area contributed by atoms with Gasteiger partial charge in [0.25, 0.3) is 0 Å². The molecule has 1 aliphatic heterocycles. The molecular weight excluding hydrogens is 236 g/mol. The van der Waals surface area contributed by atoms with Gasteiger partial charge in [-0.05, 0) is 32.4 Å². The third-order valence-corrected chi connectivity index (χ3v) is 3.54. The van der Waals surface area contributed by atoms with Crippen molar-refractivity contribution in [3.05, 3.63) is 35.4 Å². The van der Waals surface area contributed by atoms with Crippen LogP contribution in [0.25, 0.3) is 0 Å². The summed E-state index contributed by atoms with van der Waals surface area (Å²) in [5.41, 5.74) is -0.442. The zero-order valence-corrected chi connectivity index (χ0v) is 10.8. The van der Waals surface area contributed by atoms with Crippen molar-refractivity contribution >= 4 is 0 Å². The molecule has 18 heavy (non-hydrogen) atoms. The lowest BCUT2D eigenvalue weighted by Gasteiger charge is -2.39. The minimum atomic E-state index is -0.817. The third kappa shape index (κ3) is 2.54. The van der Waals surface area contributed by atoms with Gasteiger partial charge >= 0.3 is 0 Å². The van der Waals surface area contributed by atoms with E-state index in [2.05, 4.69) is 5.32 Å². The van der Waals surface area contributed by atoms with Crippen molar-refractivity contribution in [2.24, 2.45) is 0 Å². The van der Waals surface area contributed by atoms with Crippen molar-refractivity contribution in [1.29, 1.82) is 0 Å². The second-order valence-corrected chi connectivity index (χ2v) is 4.93. The molecule has 1 fully saturated rings. The first-order valence-corrected chi connectivity index (χ1v) is 6.38. The summed E-state index contributed by atoms with van der Waals surface area (Å²) in [6.07, 6.45) is 1.56. The van der Waals surface area contributed by atoms with Crippen LogP contribution in [-0.4, -0.2) is 19.2 Å². The molecule has 0 aromatic heterocycles. The zero-order chi connectivity index (χ0) is 13.2. The molecule has 4 heteroatoms. The summed E-state index contributed by atoms with van der Waals surface area (Å²) in [6.45, 7) is 5.29. The molecule has 2 atom stereocenters. The molecule has 0 aliphatic carbocycles. The molecule has 1 aliphatic rings. The van der Waals surface area contributed by atoms with Gasteiger partial charge in [0.05, 0.1) is 5.60 Å². The smallest absolute Gasteiger partial charge is 0.164 e. The van der Waals surface area contributed by atoms with Crippen molar-refractivity contribution in [3.63, 3.8) is 0 Å². The van der Waals surface area contributed by atoms with Gasteiger partial charge in [-0.1, -0.05) is 19.1 Å². The minimum Gasteiger partial charge on any atom is -0.370 e. The molecule has 2 rings (SSSR count). The Morgan fingerprint density at radius 3 is 2.94 bits per heavy atom. The average Bonchev–Trinajstić information content (AvgIpc) is 2.33. The predicted octanol–water partition coefficient (Wildman–Crippen LogP) is 2.97. The Balaban J connectivity index is 2.27. The second-order valence-electron chi connectivity index (χ2n) is 4.93. The van der Waals surface area contributed by atoms with Crippen LogP contribution in [0.15, 0.2) is 18.2 Å². The molecule has 1 N–H and O–H groups in total. The lowest BCUT2D eigenvalue weighted by molar-refractivity contribution is -0.0832. The highest BCUT2D eigenvalue weighted by Gasteiger charge is 2.37. The highest BCUT2D eigenvalue weighted by molar-refractivity contribution is 5.26. The first-order valence-electron chi connectivity index (χ1n) is 6.38. The van der Waals surface area contributed by atoms with Crippen LogP contribution in [0.1, 0.15) is 32.3 Å². The van der Waals surface area contributed by atoms with Gasteiger partial charge in [0.2, 0.25) is 0 Å². The number of hydrogen-bond acceptors (Lipinski definition) is 2. The molecule has 100 valence electrons. The van der Waals surface area contributed by atoms with Crippen LogP contribution in [-0.2, 0) is 10.3 Å². The topological polar surface area (TPSA) is 21.3 Å². The summed E-state index contributed by atoms with van der Waals surface area (Å²) in [6, 6.07) is 4.55. The summed E-state index contributed by atoms with van der Waals surface area (Å²) in [5, 5.41) is 3.35. The number of benzene rings is 1. The summed E-state index contributed by atoms with van der Waals surface area (Å²) in [7, 11) is 0. The predicted molar refractivity (Wildman–Crippen MR) is 66.4 cm³/mol. The molecule has 0 amide bonds. The van der Waals surface area contributed by atoms with E-state index in [0.29, 0.717) is 18.6 Å². The van der Waals surface area contributed by atoms with Gasteiger partial charge in [0, 0.05) is 18.2 Å². The van der Waals surface area contributed by atoms with Gasteiger partial charge in [-0.25, -0.2) is 8.78 Å². The monoisotopic (exact) mass is 255 g/mol. The van der Waals surface area contributed by atoms with Crippen LogP contribution in [0.3, 0.4) is 0 Å². The van der Waals surface area contributed by atoms with E-state index >= 15 is 0 Å². The molecule has 1 aromatic rings. The van der Waals surface area contributed by atoms with Gasteiger partial charge < -0.3 is 10.1 Å². The van der Waals surface area contributed by atoms with E-state index in [-0.39, 0.29) is 6.04 Å². The molecule has 0 bridgehead atoms. The average molecular weight is 255 g/mol. The standard InChI is InChI=1S/C14H19F2NO/c1-3-17-10-7-8-18-14(2,9-10)11-5-4-6-12(15)13(11)16/h4-6,10,17H,3,7-9H2,1-2H3. The Hall–Kier alpha value is -1.00. The van der Waals surface area contributed by atoms with Crippen molar-refractivity contribution in [3.8, 4) is 0 Å². The van der Waals surface area contributed by atoms with Crippen LogP contribution in [0.5, 0.6) is 0 Å². The molecule has 0 spiro atoms. The van der Waals surface area contributed by atoms with E-state index in [9.17, 15) is 8.78 Å². The van der Waals surface area contributed by atoms with Crippen molar-refractivity contribution in [1.82, 2.24) is 5.32 Å². The second kappa shape index (κ2) is 5.33. The maximum Gasteiger partial charge on any atom is 0.164 e. The maximum atomic E-state index is 13.9. The van der Waals surface area contributed by atoms with E-state index in [0.717, 1.165) is 19.0 Å². The van der Waals surface area contributed by atoms with Crippen LogP contribution >= 0.6 is 0 Å². The van der Waals surface area contributed by atoms with Crippen molar-refractivity contribution in [2.75, 3.05) is 13.2 Å². The highest BCUT2D eigenvalue weighted by atomic mass is 19.2. The Kier molecular flexibility index (Phi) is 3.97. The third-order valence-electron chi connectivity index (χ3n) is 3.54. The van der Waals surface area contributed by atoms with Gasteiger partial charge in [0.1, 0.15) is 0 Å². The largest absolute Gasteiger partial charge is 0.370 e. The molecule has 2 nitrogen and oxygen atoms in total. The van der Waals surface area contributed by atoms with Gasteiger partial charge in [-0.2, -0.15) is 0 Å². The molecule has 1 aromatic carbocycles. The number of halogens is 2. The van der Waals surface area contributed by atoms with Crippen LogP contribution in [0, 0.1) is 11.6 Å². The highest BCUT2D eigenvalue weighted by Crippen LogP contribution is 2.36. The van der Waals surface area contributed by atoms with E-state index in [1.54, 1.807) is 6.07 Å². The molecule has 0 saturated carbocycles. The number of rotatable bonds is 3. The first kappa shape index (κ1) is 13.4. The molecule has 1 saturated heterocycles. The van der Waals surface area contributed by atoms with E-state index in [4.69, 9.17) is 4.74 Å². The summed E-state index contributed by atoms with van der Waals surface area (Å²) < 4.78 is 32.9. The Morgan fingerprint density at radius 2 is 2.22 bits per heavy atom. The van der Waals surface area contributed by atoms with Crippen LogP contribution in [0.2, 0.25) is 0 Å². The van der Waals surface area contributed by atoms with Crippen molar-refractivity contribution < 1.29 is 13.5 Å². The van der Waals surface area contributed by atoms with Gasteiger partial charge in [0.15, 0.2) is 11.6 Å². The SMILES string of the molecule is CCNC1CCOC(C)(c2cccc(F)c2F)C1. The number of nitrogens with one attached hydrogen (secondary N) is 1. The lowest BCUT2D eigenvalue weighted by atomic mass is 9.85. The number of hydrogen-bond donors (Lipinski definition) is 1. The van der Waals surface area contributed by atoms with E-state index in [1.807, 2.05) is 13.8 Å². The summed E-state index contributed by atoms with van der Waals surface area (Å²) in [4.78, 5) is 0. The fourth-order valence-corrected chi connectivity index (χ4v) is 2.62. The van der Waals surface area contributed by atoms with Gasteiger partial charge in [-0.3, -0.25) is 0 Å². The fraction of sp³-hybridized carbons (Fsp3) is 0.571. The van der Waals surface area contributed by atoms with Crippen LogP contribution in [0.4, 0.5) is 8.78 Å². The summed E-state index contributed by atoms with van der Waals surface area (Å²) in [5.74, 6) is -1.61. The molecule has 2 unspecified atom stereocenters. The summed E-state index contributed by atoms with van der Waals surface area (Å²) >= 11 is 0. The van der Waals surface area contributed by atoms with Crippen molar-refractivity contribution in [2.45, 2.75) is 38.3 Å². The Morgan fingerprint density at radius 1 is 1.44 bits per heavy atom. The molecular formula is C14H19F2NO. The van der Waals surface area contributed by atoms with Crippen LogP contribution < -0.4 is 5.32 Å². The van der Waals surface area contributed by atoms with E-state index < -0.39 is 17.2 Å². The zero-order valence-electron chi connectivity index (χ0n) is 10.8. The quantitative estimate of drug-likeness (QED) is 0.896. The maximum absolute atomic E-state index is 13.9. The molecule has 0 radical (unpaired) electrons. The van der Waals surface area contributed by atoms with E-state index in [1.165, 1.54) is 6.07 Å². The Labute approximate surface area is 106 Å². The normalized spacial score (nSPS) is 28.3. The minimum absolute atomic E-state index is 0.288. The molecule has 1 heterocycles. The number of ether oxygens (including phenoxy) is 1. The Bertz CT molecular complexity index is 422. The van der Waals surface area contributed by atoms with Gasteiger partial charge in [-0.15, -0.1) is 0 Å². The first-order chi connectivity index (χ1) is 8.57.